The van der Waals surface area contributed by atoms with Crippen LogP contribution in [0.5, 0.6) is 0 Å². The monoisotopic (exact) mass is 269 g/mol. The number of amides is 1. The molecule has 4 nitrogen and oxygen atoms in total. The highest BCUT2D eigenvalue weighted by atomic mass is 35.5. The zero-order valence-electron chi connectivity index (χ0n) is 10.4. The van der Waals surface area contributed by atoms with Crippen LogP contribution in [0, 0.1) is 12.8 Å². The quantitative estimate of drug-likeness (QED) is 0.863. The number of benzene rings is 1. The van der Waals surface area contributed by atoms with Crippen LogP contribution in [0.3, 0.4) is 0 Å². The molecule has 18 heavy (non-hydrogen) atoms. The van der Waals surface area contributed by atoms with E-state index in [1.54, 1.807) is 25.1 Å². The molecule has 98 valence electrons. The number of carboxylic acids is 1. The number of hydrogen-bond acceptors (Lipinski definition) is 2. The van der Waals surface area contributed by atoms with Gasteiger partial charge in [0.15, 0.2) is 0 Å². The lowest BCUT2D eigenvalue weighted by molar-refractivity contribution is -0.141. The summed E-state index contributed by atoms with van der Waals surface area (Å²) in [5, 5.41) is 12.0. The van der Waals surface area contributed by atoms with Crippen molar-refractivity contribution in [3.05, 3.63) is 34.3 Å². The minimum atomic E-state index is -0.903. The standard InChI is InChI=1S/C13H16ClNO3/c1-3-9(13(17)18)7-15-12(16)10-4-8(2)5-11(14)6-10/h4-6,9H,3,7H2,1-2H3,(H,15,16)(H,17,18). The molecular formula is C13H16ClNO3. The lowest BCUT2D eigenvalue weighted by atomic mass is 10.1. The molecule has 0 aliphatic heterocycles. The highest BCUT2D eigenvalue weighted by Crippen LogP contribution is 2.14. The first kappa shape index (κ1) is 14.5. The zero-order chi connectivity index (χ0) is 13.7. The molecule has 0 aliphatic rings. The van der Waals surface area contributed by atoms with Crippen molar-refractivity contribution in [2.45, 2.75) is 20.3 Å². The number of nitrogens with one attached hydrogen (secondary N) is 1. The minimum absolute atomic E-state index is 0.121. The Balaban J connectivity index is 2.68. The van der Waals surface area contributed by atoms with Gasteiger partial charge < -0.3 is 10.4 Å². The highest BCUT2D eigenvalue weighted by molar-refractivity contribution is 6.31. The summed E-state index contributed by atoms with van der Waals surface area (Å²) in [4.78, 5) is 22.6. The van der Waals surface area contributed by atoms with E-state index in [1.807, 2.05) is 6.92 Å². The van der Waals surface area contributed by atoms with Crippen LogP contribution in [0.15, 0.2) is 18.2 Å². The molecule has 0 saturated carbocycles. The van der Waals surface area contributed by atoms with Crippen molar-refractivity contribution >= 4 is 23.5 Å². The SMILES string of the molecule is CCC(CNC(=O)c1cc(C)cc(Cl)c1)C(=O)O. The summed E-state index contributed by atoms with van der Waals surface area (Å²) in [5.74, 6) is -1.77. The fourth-order valence-electron chi connectivity index (χ4n) is 1.59. The maximum atomic E-state index is 11.8. The van der Waals surface area contributed by atoms with Crippen LogP contribution in [-0.2, 0) is 4.79 Å². The maximum absolute atomic E-state index is 11.8. The molecular weight excluding hydrogens is 254 g/mol. The van der Waals surface area contributed by atoms with E-state index in [0.717, 1.165) is 5.56 Å². The van der Waals surface area contributed by atoms with E-state index >= 15 is 0 Å². The van der Waals surface area contributed by atoms with Crippen molar-refractivity contribution in [3.8, 4) is 0 Å². The van der Waals surface area contributed by atoms with Crippen molar-refractivity contribution in [1.29, 1.82) is 0 Å². The van der Waals surface area contributed by atoms with Crippen molar-refractivity contribution in [3.63, 3.8) is 0 Å². The van der Waals surface area contributed by atoms with Gasteiger partial charge in [-0.2, -0.15) is 0 Å². The second-order valence-electron chi connectivity index (χ2n) is 4.17. The third kappa shape index (κ3) is 4.04. The topological polar surface area (TPSA) is 66.4 Å². The van der Waals surface area contributed by atoms with Gasteiger partial charge in [-0.1, -0.05) is 18.5 Å². The van der Waals surface area contributed by atoms with Gasteiger partial charge in [-0.05, 0) is 37.1 Å². The summed E-state index contributed by atoms with van der Waals surface area (Å²) in [7, 11) is 0. The number of carbonyl (C=O) groups excluding carboxylic acids is 1. The fraction of sp³-hybridized carbons (Fsp3) is 0.385. The normalized spacial score (nSPS) is 11.9. The molecule has 0 bridgehead atoms. The molecule has 0 radical (unpaired) electrons. The summed E-state index contributed by atoms with van der Waals surface area (Å²) < 4.78 is 0. The van der Waals surface area contributed by atoms with Gasteiger partial charge in [0.05, 0.1) is 5.92 Å². The Morgan fingerprint density at radius 2 is 2.06 bits per heavy atom. The first-order valence-corrected chi connectivity index (χ1v) is 6.10. The number of aryl methyl sites for hydroxylation is 1. The van der Waals surface area contributed by atoms with Crippen molar-refractivity contribution in [2.75, 3.05) is 6.54 Å². The van der Waals surface area contributed by atoms with Crippen molar-refractivity contribution < 1.29 is 14.7 Å². The second-order valence-corrected chi connectivity index (χ2v) is 4.61. The Labute approximate surface area is 111 Å². The molecule has 0 saturated heterocycles. The van der Waals surface area contributed by atoms with E-state index in [9.17, 15) is 9.59 Å². The Bertz CT molecular complexity index is 439. The highest BCUT2D eigenvalue weighted by Gasteiger charge is 2.16. The third-order valence-electron chi connectivity index (χ3n) is 2.66. The van der Waals surface area contributed by atoms with Gasteiger partial charge in [-0.25, -0.2) is 0 Å². The maximum Gasteiger partial charge on any atom is 0.308 e. The van der Waals surface area contributed by atoms with Crippen LogP contribution in [0.1, 0.15) is 29.3 Å². The number of halogens is 1. The van der Waals surface area contributed by atoms with E-state index in [4.69, 9.17) is 16.7 Å². The lowest BCUT2D eigenvalue weighted by Gasteiger charge is -2.11. The second kappa shape index (κ2) is 6.40. The van der Waals surface area contributed by atoms with Gasteiger partial charge >= 0.3 is 5.97 Å². The number of hydrogen-bond donors (Lipinski definition) is 2. The molecule has 0 aliphatic carbocycles. The number of carbonyl (C=O) groups is 2. The molecule has 5 heteroatoms. The van der Waals surface area contributed by atoms with Gasteiger partial charge in [0, 0.05) is 17.1 Å². The first-order valence-electron chi connectivity index (χ1n) is 5.72. The van der Waals surface area contributed by atoms with Crippen LogP contribution in [0.4, 0.5) is 0 Å². The zero-order valence-corrected chi connectivity index (χ0v) is 11.1. The number of aliphatic carboxylic acids is 1. The van der Waals surface area contributed by atoms with Crippen LogP contribution < -0.4 is 5.32 Å². The third-order valence-corrected chi connectivity index (χ3v) is 2.87. The summed E-state index contributed by atoms with van der Waals surface area (Å²) >= 11 is 5.86. The first-order chi connectivity index (χ1) is 8.43. The van der Waals surface area contributed by atoms with E-state index in [0.29, 0.717) is 17.0 Å². The van der Waals surface area contributed by atoms with Gasteiger partial charge in [-0.15, -0.1) is 0 Å². The molecule has 1 atom stereocenters. The van der Waals surface area contributed by atoms with Crippen LogP contribution in [0.2, 0.25) is 5.02 Å². The number of carboxylic acid groups (broad SMARTS) is 1. The summed E-state index contributed by atoms with van der Waals surface area (Å²) in [5.41, 5.74) is 1.33. The molecule has 2 N–H and O–H groups in total. The average molecular weight is 270 g/mol. The smallest absolute Gasteiger partial charge is 0.308 e. The molecule has 0 fully saturated rings. The van der Waals surface area contributed by atoms with Gasteiger partial charge in [0.2, 0.25) is 0 Å². The van der Waals surface area contributed by atoms with Gasteiger partial charge in [0.25, 0.3) is 5.91 Å². The minimum Gasteiger partial charge on any atom is -0.481 e. The molecule has 0 heterocycles. The summed E-state index contributed by atoms with van der Waals surface area (Å²) in [6.45, 7) is 3.74. The van der Waals surface area contributed by atoms with E-state index < -0.39 is 11.9 Å². The Morgan fingerprint density at radius 3 is 2.56 bits per heavy atom. The van der Waals surface area contributed by atoms with Crippen LogP contribution in [-0.4, -0.2) is 23.5 Å². The summed E-state index contributed by atoms with van der Waals surface area (Å²) in [6, 6.07) is 5.03. The molecule has 1 aromatic rings. The molecule has 1 rings (SSSR count). The Morgan fingerprint density at radius 1 is 1.39 bits per heavy atom. The molecule has 1 unspecified atom stereocenters. The van der Waals surface area contributed by atoms with E-state index in [-0.39, 0.29) is 12.5 Å². The molecule has 1 aromatic carbocycles. The Kier molecular flexibility index (Phi) is 5.16. The van der Waals surface area contributed by atoms with E-state index in [2.05, 4.69) is 5.32 Å². The Hall–Kier alpha value is -1.55. The number of rotatable bonds is 5. The van der Waals surface area contributed by atoms with Crippen molar-refractivity contribution in [2.24, 2.45) is 5.92 Å². The molecule has 0 aromatic heterocycles. The predicted octanol–water partition coefficient (Wildman–Crippen LogP) is 2.49. The van der Waals surface area contributed by atoms with Gasteiger partial charge in [-0.3, -0.25) is 9.59 Å². The van der Waals surface area contributed by atoms with Gasteiger partial charge in [0.1, 0.15) is 0 Å². The largest absolute Gasteiger partial charge is 0.481 e. The lowest BCUT2D eigenvalue weighted by Crippen LogP contribution is -2.32. The van der Waals surface area contributed by atoms with E-state index in [1.165, 1.54) is 0 Å². The summed E-state index contributed by atoms with van der Waals surface area (Å²) in [6.07, 6.45) is 0.476. The van der Waals surface area contributed by atoms with Crippen LogP contribution >= 0.6 is 11.6 Å². The van der Waals surface area contributed by atoms with Crippen molar-refractivity contribution in [1.82, 2.24) is 5.32 Å². The fourth-order valence-corrected chi connectivity index (χ4v) is 1.88. The molecule has 1 amide bonds. The predicted molar refractivity (Wildman–Crippen MR) is 69.9 cm³/mol. The molecule has 0 spiro atoms. The van der Waals surface area contributed by atoms with Crippen LogP contribution in [0.25, 0.3) is 0 Å². The average Bonchev–Trinajstić information content (AvgIpc) is 2.27.